The van der Waals surface area contributed by atoms with Crippen LogP contribution < -0.4 is 0 Å². The smallest absolute Gasteiger partial charge is 0.306 e. The van der Waals surface area contributed by atoms with Gasteiger partial charge in [0.1, 0.15) is 31.0 Å². The first-order chi connectivity index (χ1) is 25.8. The van der Waals surface area contributed by atoms with Crippen LogP contribution >= 0.6 is 0 Å². The van der Waals surface area contributed by atoms with Gasteiger partial charge in [0, 0.05) is 12.8 Å². The van der Waals surface area contributed by atoms with E-state index in [9.17, 15) is 30.0 Å². The van der Waals surface area contributed by atoms with Crippen molar-refractivity contribution >= 4 is 11.9 Å². The van der Waals surface area contributed by atoms with Gasteiger partial charge in [0.15, 0.2) is 12.4 Å². The van der Waals surface area contributed by atoms with Gasteiger partial charge in [-0.3, -0.25) is 9.59 Å². The van der Waals surface area contributed by atoms with Crippen molar-refractivity contribution in [2.75, 3.05) is 19.8 Å². The molecule has 0 aromatic heterocycles. The molecule has 0 spiro atoms. The monoisotopic (exact) mass is 746 g/mol. The number of hydrogen-bond donors (Lipinski definition) is 4. The van der Waals surface area contributed by atoms with Gasteiger partial charge in [-0.25, -0.2) is 0 Å². The van der Waals surface area contributed by atoms with Gasteiger partial charge < -0.3 is 39.4 Å². The Morgan fingerprint density at radius 2 is 1.11 bits per heavy atom. The molecule has 0 saturated carbocycles. The first kappa shape index (κ1) is 48.2. The van der Waals surface area contributed by atoms with Gasteiger partial charge in [-0.15, -0.1) is 0 Å². The molecule has 0 aliphatic carbocycles. The highest BCUT2D eigenvalue weighted by atomic mass is 16.7. The molecule has 10 nitrogen and oxygen atoms in total. The van der Waals surface area contributed by atoms with Crippen molar-refractivity contribution in [2.24, 2.45) is 0 Å². The van der Waals surface area contributed by atoms with Crippen molar-refractivity contribution in [3.05, 3.63) is 72.9 Å². The highest BCUT2D eigenvalue weighted by Gasteiger charge is 2.44. The predicted molar refractivity (Wildman–Crippen MR) is 210 cm³/mol. The Hall–Kier alpha value is -2.86. The minimum atomic E-state index is -1.61. The maximum absolute atomic E-state index is 12.7. The summed E-state index contributed by atoms with van der Waals surface area (Å²) in [6.07, 6.45) is 33.4. The van der Waals surface area contributed by atoms with E-state index in [1.807, 2.05) is 36.5 Å². The Kier molecular flexibility index (Phi) is 30.6. The Labute approximate surface area is 319 Å². The molecule has 0 aromatic rings. The normalized spacial score (nSPS) is 21.7. The van der Waals surface area contributed by atoms with Crippen LogP contribution in [0.4, 0.5) is 0 Å². The molecule has 1 aliphatic heterocycles. The largest absolute Gasteiger partial charge is 0.462 e. The molecule has 302 valence electrons. The van der Waals surface area contributed by atoms with Gasteiger partial charge in [0.2, 0.25) is 0 Å². The molecule has 1 rings (SSSR count). The van der Waals surface area contributed by atoms with Crippen molar-refractivity contribution in [3.8, 4) is 0 Å². The van der Waals surface area contributed by atoms with E-state index in [1.54, 1.807) is 0 Å². The standard InChI is InChI=1S/C43H70O10/c1-3-5-7-9-11-13-15-17-18-20-21-23-25-27-29-31-38(45)50-34-36(35-51-43-42(49)41(48)40(47)37(33-44)53-43)52-39(46)32-30-28-26-24-22-19-16-14-12-10-8-6-4-2/h6,8,10-17,19,22,36-37,40-44,47-49H,3-5,7,9,18,20-21,23-35H2,1-2H3/b8-6+,12-10+,13-11+,16-14+,17-15+,22-19+/t36?,37-,40+,41?,42?,43-/m0/s1. The molecule has 0 radical (unpaired) electrons. The fraction of sp³-hybridized carbons (Fsp3) is 0.674. The molecule has 10 heteroatoms. The van der Waals surface area contributed by atoms with Gasteiger partial charge in [0.25, 0.3) is 0 Å². The topological polar surface area (TPSA) is 152 Å². The number of ether oxygens (including phenoxy) is 4. The van der Waals surface area contributed by atoms with Crippen LogP contribution in [0.25, 0.3) is 0 Å². The van der Waals surface area contributed by atoms with E-state index in [4.69, 9.17) is 18.9 Å². The average Bonchev–Trinajstić information content (AvgIpc) is 3.15. The number of carbonyl (C=O) groups is 2. The van der Waals surface area contributed by atoms with Gasteiger partial charge in [-0.05, 0) is 57.8 Å². The third-order valence-corrected chi connectivity index (χ3v) is 8.70. The lowest BCUT2D eigenvalue weighted by molar-refractivity contribution is -0.305. The third-order valence-electron chi connectivity index (χ3n) is 8.70. The van der Waals surface area contributed by atoms with Gasteiger partial charge >= 0.3 is 11.9 Å². The molecular weight excluding hydrogens is 676 g/mol. The van der Waals surface area contributed by atoms with Gasteiger partial charge in [-0.2, -0.15) is 0 Å². The van der Waals surface area contributed by atoms with E-state index in [-0.39, 0.29) is 26.1 Å². The fourth-order valence-electron chi connectivity index (χ4n) is 5.48. The minimum absolute atomic E-state index is 0.177. The highest BCUT2D eigenvalue weighted by Crippen LogP contribution is 2.22. The maximum Gasteiger partial charge on any atom is 0.306 e. The van der Waals surface area contributed by atoms with Gasteiger partial charge in [0.05, 0.1) is 13.2 Å². The van der Waals surface area contributed by atoms with Crippen LogP contribution in [0.15, 0.2) is 72.9 Å². The molecule has 4 N–H and O–H groups in total. The van der Waals surface area contributed by atoms with Crippen molar-refractivity contribution < 1.29 is 49.0 Å². The summed E-state index contributed by atoms with van der Waals surface area (Å²) in [5.41, 5.74) is 0. The zero-order chi connectivity index (χ0) is 38.8. The lowest BCUT2D eigenvalue weighted by Crippen LogP contribution is -2.59. The average molecular weight is 747 g/mol. The second-order valence-corrected chi connectivity index (χ2v) is 13.5. The number of aliphatic hydroxyl groups excluding tert-OH is 4. The highest BCUT2D eigenvalue weighted by molar-refractivity contribution is 5.70. The van der Waals surface area contributed by atoms with Crippen molar-refractivity contribution in [2.45, 2.75) is 166 Å². The zero-order valence-electron chi connectivity index (χ0n) is 32.5. The lowest BCUT2D eigenvalue weighted by atomic mass is 9.99. The molecule has 3 unspecified atom stereocenters. The van der Waals surface area contributed by atoms with Crippen LogP contribution in [0.2, 0.25) is 0 Å². The van der Waals surface area contributed by atoms with E-state index in [0.29, 0.717) is 12.8 Å². The molecule has 0 bridgehead atoms. The summed E-state index contributed by atoms with van der Waals surface area (Å²) < 4.78 is 22.0. The molecule has 0 aromatic carbocycles. The van der Waals surface area contributed by atoms with Crippen LogP contribution in [-0.2, 0) is 28.5 Å². The van der Waals surface area contributed by atoms with Crippen LogP contribution in [0.5, 0.6) is 0 Å². The number of esters is 2. The Bertz CT molecular complexity index is 1090. The number of hydrogen-bond acceptors (Lipinski definition) is 10. The number of allylic oxidation sites excluding steroid dienone is 12. The van der Waals surface area contributed by atoms with Crippen LogP contribution in [-0.4, -0.2) is 89.0 Å². The Morgan fingerprint density at radius 1 is 0.604 bits per heavy atom. The van der Waals surface area contributed by atoms with Crippen molar-refractivity contribution in [1.82, 2.24) is 0 Å². The van der Waals surface area contributed by atoms with E-state index in [2.05, 4.69) is 50.3 Å². The number of unbranched alkanes of at least 4 members (excludes halogenated alkanes) is 12. The first-order valence-electron chi connectivity index (χ1n) is 20.1. The summed E-state index contributed by atoms with van der Waals surface area (Å²) in [4.78, 5) is 25.2. The second-order valence-electron chi connectivity index (χ2n) is 13.5. The van der Waals surface area contributed by atoms with Crippen molar-refractivity contribution in [3.63, 3.8) is 0 Å². The van der Waals surface area contributed by atoms with Crippen LogP contribution in [0.1, 0.15) is 129 Å². The zero-order valence-corrected chi connectivity index (χ0v) is 32.5. The predicted octanol–water partition coefficient (Wildman–Crippen LogP) is 7.66. The SMILES string of the molecule is CC/C=C/C=C/C=C/C=C/CCCCCC(=O)OC(COC(=O)CCCCCCCC/C=C/C=C/CCCCC)CO[C@H]1O[C@@H](CO)[C@@H](O)C(O)C1O. The third kappa shape index (κ3) is 25.7. The molecule has 6 atom stereocenters. The summed E-state index contributed by atoms with van der Waals surface area (Å²) in [6, 6.07) is 0. The molecule has 53 heavy (non-hydrogen) atoms. The first-order valence-corrected chi connectivity index (χ1v) is 20.1. The summed E-state index contributed by atoms with van der Waals surface area (Å²) in [7, 11) is 0. The summed E-state index contributed by atoms with van der Waals surface area (Å²) in [6.45, 7) is 3.16. The van der Waals surface area contributed by atoms with E-state index >= 15 is 0 Å². The molecule has 1 aliphatic rings. The summed E-state index contributed by atoms with van der Waals surface area (Å²) in [5.74, 6) is -0.876. The Morgan fingerprint density at radius 3 is 1.72 bits per heavy atom. The lowest BCUT2D eigenvalue weighted by Gasteiger charge is -2.39. The molecule has 0 amide bonds. The molecule has 1 saturated heterocycles. The summed E-state index contributed by atoms with van der Waals surface area (Å²) >= 11 is 0. The Balaban J connectivity index is 2.43. The molecule has 1 fully saturated rings. The number of carbonyl (C=O) groups excluding carboxylic acids is 2. The van der Waals surface area contributed by atoms with Crippen LogP contribution in [0, 0.1) is 0 Å². The molecular formula is C43H70O10. The fourth-order valence-corrected chi connectivity index (χ4v) is 5.48. The van der Waals surface area contributed by atoms with Crippen molar-refractivity contribution in [1.29, 1.82) is 0 Å². The van der Waals surface area contributed by atoms with E-state index in [1.165, 1.54) is 19.3 Å². The number of aliphatic hydroxyl groups is 4. The van der Waals surface area contributed by atoms with E-state index < -0.39 is 55.4 Å². The molecule has 1 heterocycles. The van der Waals surface area contributed by atoms with E-state index in [0.717, 1.165) is 70.6 Å². The van der Waals surface area contributed by atoms with Gasteiger partial charge in [-0.1, -0.05) is 132 Å². The summed E-state index contributed by atoms with van der Waals surface area (Å²) in [5, 5.41) is 39.9. The quantitative estimate of drug-likeness (QED) is 0.0316. The minimum Gasteiger partial charge on any atom is -0.462 e. The van der Waals surface area contributed by atoms with Crippen LogP contribution in [0.3, 0.4) is 0 Å². The number of rotatable bonds is 31. The second kappa shape index (κ2) is 33.7. The maximum atomic E-state index is 12.7.